The molecule has 0 aliphatic carbocycles. The molecule has 0 aliphatic rings. The Hall–Kier alpha value is -1.92. The van der Waals surface area contributed by atoms with E-state index in [9.17, 15) is 19.8 Å². The van der Waals surface area contributed by atoms with Crippen LogP contribution >= 0.6 is 0 Å². The summed E-state index contributed by atoms with van der Waals surface area (Å²) in [6, 6.07) is -0.637. The lowest BCUT2D eigenvalue weighted by Crippen LogP contribution is -2.45. The van der Waals surface area contributed by atoms with Crippen molar-refractivity contribution in [1.82, 2.24) is 5.32 Å². The minimum absolute atomic E-state index is 0.0112. The average Bonchev–Trinajstić information content (AvgIpc) is 3.26. The molecule has 0 heterocycles. The lowest BCUT2D eigenvalue weighted by molar-refractivity contribution is -0.143. The fraction of sp³-hybridized carbons (Fsp3) is 0.855. The molecule has 0 aliphatic heterocycles. The first-order chi connectivity index (χ1) is 30.0. The van der Waals surface area contributed by atoms with Gasteiger partial charge >= 0.3 is 5.97 Å². The number of esters is 1. The summed E-state index contributed by atoms with van der Waals surface area (Å²) in [6.45, 7) is 4.84. The zero-order chi connectivity index (χ0) is 44.4. The van der Waals surface area contributed by atoms with E-state index in [1.807, 2.05) is 6.08 Å². The largest absolute Gasteiger partial charge is 0.466 e. The molecule has 2 unspecified atom stereocenters. The number of nitrogens with one attached hydrogen (secondary N) is 1. The van der Waals surface area contributed by atoms with Gasteiger partial charge in [0.05, 0.1) is 25.4 Å². The van der Waals surface area contributed by atoms with E-state index in [0.29, 0.717) is 19.4 Å². The van der Waals surface area contributed by atoms with Gasteiger partial charge in [0.2, 0.25) is 5.91 Å². The van der Waals surface area contributed by atoms with E-state index in [0.717, 1.165) is 64.2 Å². The summed E-state index contributed by atoms with van der Waals surface area (Å²) in [4.78, 5) is 24.5. The molecule has 0 saturated heterocycles. The molecule has 0 saturated carbocycles. The lowest BCUT2D eigenvalue weighted by atomic mass is 10.0. The molecular formula is C55H103NO5. The average molecular weight is 858 g/mol. The summed E-state index contributed by atoms with van der Waals surface area (Å²) in [5.74, 6) is -0.0934. The SMILES string of the molecule is CCCCC/C=C\C/C=C\CCCCCCCCCCCC(=O)OCCCCCCCCCCCCCCCC(=O)NC(CO)C(O)/C=C/CCCCCCCCCCCC. The van der Waals surface area contributed by atoms with Crippen LogP contribution in [0.15, 0.2) is 36.5 Å². The summed E-state index contributed by atoms with van der Waals surface area (Å²) < 4.78 is 5.47. The van der Waals surface area contributed by atoms with Crippen molar-refractivity contribution in [3.8, 4) is 0 Å². The summed E-state index contributed by atoms with van der Waals surface area (Å²) >= 11 is 0. The van der Waals surface area contributed by atoms with Crippen molar-refractivity contribution in [2.24, 2.45) is 0 Å². The van der Waals surface area contributed by atoms with Crippen molar-refractivity contribution in [1.29, 1.82) is 0 Å². The second-order valence-electron chi connectivity index (χ2n) is 18.2. The number of allylic oxidation sites excluding steroid dienone is 5. The Bertz CT molecular complexity index is 993. The number of hydrogen-bond donors (Lipinski definition) is 3. The zero-order valence-corrected chi connectivity index (χ0v) is 40.6. The molecule has 0 bridgehead atoms. The quantitative estimate of drug-likeness (QED) is 0.0322. The number of amides is 1. The Morgan fingerprint density at radius 1 is 0.459 bits per heavy atom. The predicted octanol–water partition coefficient (Wildman–Crippen LogP) is 16.1. The van der Waals surface area contributed by atoms with Gasteiger partial charge in [-0.05, 0) is 64.2 Å². The van der Waals surface area contributed by atoms with Crippen molar-refractivity contribution in [2.75, 3.05) is 13.2 Å². The van der Waals surface area contributed by atoms with Gasteiger partial charge in [0.15, 0.2) is 0 Å². The smallest absolute Gasteiger partial charge is 0.305 e. The summed E-state index contributed by atoms with van der Waals surface area (Å²) in [5.41, 5.74) is 0. The molecule has 0 fully saturated rings. The molecule has 61 heavy (non-hydrogen) atoms. The molecule has 0 aromatic rings. The van der Waals surface area contributed by atoms with Gasteiger partial charge in [0.1, 0.15) is 0 Å². The van der Waals surface area contributed by atoms with Gasteiger partial charge in [-0.1, -0.05) is 237 Å². The fourth-order valence-corrected chi connectivity index (χ4v) is 8.02. The number of rotatable bonds is 49. The van der Waals surface area contributed by atoms with Gasteiger partial charge < -0.3 is 20.3 Å². The van der Waals surface area contributed by atoms with Gasteiger partial charge in [-0.3, -0.25) is 9.59 Å². The van der Waals surface area contributed by atoms with Crippen LogP contribution in [0, 0.1) is 0 Å². The Morgan fingerprint density at radius 3 is 1.28 bits per heavy atom. The van der Waals surface area contributed by atoms with E-state index in [4.69, 9.17) is 4.74 Å². The first-order valence-corrected chi connectivity index (χ1v) is 26.8. The van der Waals surface area contributed by atoms with E-state index < -0.39 is 12.1 Å². The number of carbonyl (C=O) groups excluding carboxylic acids is 2. The van der Waals surface area contributed by atoms with Crippen LogP contribution in [0.5, 0.6) is 0 Å². The normalized spacial score (nSPS) is 12.9. The van der Waals surface area contributed by atoms with Crippen molar-refractivity contribution in [2.45, 2.75) is 289 Å². The first-order valence-electron chi connectivity index (χ1n) is 26.8. The standard InChI is InChI=1S/C55H103NO5/c1-3-5-7-9-11-13-15-17-18-19-20-21-22-25-29-33-37-41-45-49-55(60)61-50-46-42-38-34-30-26-23-24-28-32-36-40-44-48-54(59)56-52(51-57)53(58)47-43-39-35-31-27-16-14-12-10-8-6-4-2/h11,13,17-18,43,47,52-53,57-58H,3-10,12,14-16,19-42,44-46,48-51H2,1-2H3,(H,56,59)/b13-11-,18-17-,47-43+. The van der Waals surface area contributed by atoms with Gasteiger partial charge in [-0.2, -0.15) is 0 Å². The molecule has 6 nitrogen and oxygen atoms in total. The predicted molar refractivity (Wildman–Crippen MR) is 264 cm³/mol. The Kier molecular flexibility index (Phi) is 49.1. The maximum absolute atomic E-state index is 12.4. The van der Waals surface area contributed by atoms with Crippen LogP contribution in [0.2, 0.25) is 0 Å². The first kappa shape index (κ1) is 59.1. The summed E-state index contributed by atoms with van der Waals surface area (Å²) in [5, 5.41) is 23.0. The molecule has 0 aromatic heterocycles. The Morgan fingerprint density at radius 2 is 0.820 bits per heavy atom. The second-order valence-corrected chi connectivity index (χ2v) is 18.2. The highest BCUT2D eigenvalue weighted by atomic mass is 16.5. The van der Waals surface area contributed by atoms with E-state index in [1.54, 1.807) is 6.08 Å². The highest BCUT2D eigenvalue weighted by Gasteiger charge is 2.18. The second kappa shape index (κ2) is 50.7. The lowest BCUT2D eigenvalue weighted by Gasteiger charge is -2.20. The van der Waals surface area contributed by atoms with Crippen LogP contribution in [0.4, 0.5) is 0 Å². The maximum Gasteiger partial charge on any atom is 0.305 e. The third kappa shape index (κ3) is 47.4. The van der Waals surface area contributed by atoms with E-state index in [1.165, 1.54) is 186 Å². The van der Waals surface area contributed by atoms with Crippen LogP contribution in [0.1, 0.15) is 277 Å². The van der Waals surface area contributed by atoms with E-state index >= 15 is 0 Å². The minimum Gasteiger partial charge on any atom is -0.466 e. The molecule has 0 radical (unpaired) electrons. The number of aliphatic hydroxyl groups excluding tert-OH is 2. The summed E-state index contributed by atoms with van der Waals surface area (Å²) in [7, 11) is 0. The molecule has 0 aromatic carbocycles. The highest BCUT2D eigenvalue weighted by Crippen LogP contribution is 2.16. The van der Waals surface area contributed by atoms with Gasteiger partial charge in [0.25, 0.3) is 0 Å². The fourth-order valence-electron chi connectivity index (χ4n) is 8.02. The van der Waals surface area contributed by atoms with Crippen LogP contribution < -0.4 is 5.32 Å². The van der Waals surface area contributed by atoms with Crippen molar-refractivity contribution in [3.05, 3.63) is 36.5 Å². The molecule has 6 heteroatoms. The number of unbranched alkanes of at least 4 members (excludes halogenated alkanes) is 34. The molecule has 358 valence electrons. The van der Waals surface area contributed by atoms with Crippen LogP contribution in [-0.4, -0.2) is 47.4 Å². The zero-order valence-electron chi connectivity index (χ0n) is 40.6. The third-order valence-corrected chi connectivity index (χ3v) is 12.2. The molecule has 3 N–H and O–H groups in total. The minimum atomic E-state index is -0.852. The van der Waals surface area contributed by atoms with Crippen LogP contribution in [0.25, 0.3) is 0 Å². The van der Waals surface area contributed by atoms with Gasteiger partial charge in [-0.25, -0.2) is 0 Å². The van der Waals surface area contributed by atoms with Crippen LogP contribution in [0.3, 0.4) is 0 Å². The molecule has 2 atom stereocenters. The van der Waals surface area contributed by atoms with Crippen molar-refractivity contribution in [3.63, 3.8) is 0 Å². The Balaban J connectivity index is 3.45. The van der Waals surface area contributed by atoms with Gasteiger partial charge in [-0.15, -0.1) is 0 Å². The van der Waals surface area contributed by atoms with Crippen molar-refractivity contribution >= 4 is 11.9 Å². The molecule has 1 amide bonds. The topological polar surface area (TPSA) is 95.9 Å². The maximum atomic E-state index is 12.4. The highest BCUT2D eigenvalue weighted by molar-refractivity contribution is 5.76. The molecule has 0 spiro atoms. The van der Waals surface area contributed by atoms with Gasteiger partial charge in [0, 0.05) is 12.8 Å². The number of aliphatic hydroxyl groups is 2. The molecular weight excluding hydrogens is 755 g/mol. The third-order valence-electron chi connectivity index (χ3n) is 12.2. The number of ether oxygens (including phenoxy) is 1. The number of carbonyl (C=O) groups is 2. The molecule has 0 rings (SSSR count). The monoisotopic (exact) mass is 858 g/mol. The van der Waals surface area contributed by atoms with E-state index in [2.05, 4.69) is 43.5 Å². The summed E-state index contributed by atoms with van der Waals surface area (Å²) in [6.07, 6.45) is 61.4. The van der Waals surface area contributed by atoms with Crippen molar-refractivity contribution < 1.29 is 24.5 Å². The number of hydrogen-bond acceptors (Lipinski definition) is 5. The van der Waals surface area contributed by atoms with Crippen LogP contribution in [-0.2, 0) is 14.3 Å². The van der Waals surface area contributed by atoms with E-state index in [-0.39, 0.29) is 18.5 Å². The Labute approximate surface area is 379 Å².